The summed E-state index contributed by atoms with van der Waals surface area (Å²) in [5.74, 6) is -0.710. The minimum absolute atomic E-state index is 0.0249. The van der Waals surface area contributed by atoms with E-state index >= 15 is 0 Å². The number of carbonyl (C=O) groups excluding carboxylic acids is 2. The summed E-state index contributed by atoms with van der Waals surface area (Å²) in [6.45, 7) is 0.404. The molecule has 2 aliphatic rings. The Kier molecular flexibility index (Phi) is 7.73. The summed E-state index contributed by atoms with van der Waals surface area (Å²) in [5.41, 5.74) is 0.309. The van der Waals surface area contributed by atoms with Gasteiger partial charge in [-0.3, -0.25) is 24.5 Å². The zero-order chi connectivity index (χ0) is 27.9. The van der Waals surface area contributed by atoms with Crippen molar-refractivity contribution in [2.45, 2.75) is 31.3 Å². The normalized spacial score (nSPS) is 20.9. The summed E-state index contributed by atoms with van der Waals surface area (Å²) in [7, 11) is 0. The van der Waals surface area contributed by atoms with E-state index < -0.39 is 35.2 Å². The van der Waals surface area contributed by atoms with Crippen LogP contribution >= 0.6 is 23.4 Å². The number of aromatic nitrogens is 2. The van der Waals surface area contributed by atoms with Gasteiger partial charge in [0, 0.05) is 30.0 Å². The number of halogens is 5. The van der Waals surface area contributed by atoms with E-state index in [1.807, 2.05) is 0 Å². The van der Waals surface area contributed by atoms with Crippen molar-refractivity contribution < 1.29 is 32.3 Å². The predicted molar refractivity (Wildman–Crippen MR) is 140 cm³/mol. The van der Waals surface area contributed by atoms with E-state index in [9.17, 15) is 32.3 Å². The number of rotatable bonds is 7. The molecule has 2 atom stereocenters. The van der Waals surface area contributed by atoms with E-state index in [2.05, 4.69) is 10.2 Å². The lowest BCUT2D eigenvalue weighted by Gasteiger charge is -2.22. The first kappa shape index (κ1) is 27.6. The second kappa shape index (κ2) is 10.9. The lowest BCUT2D eigenvalue weighted by molar-refractivity contribution is -0.138. The molecule has 5 rings (SSSR count). The van der Waals surface area contributed by atoms with Gasteiger partial charge in [0.2, 0.25) is 0 Å². The molecule has 0 unspecified atom stereocenters. The molecule has 2 aromatic carbocycles. The first-order chi connectivity index (χ1) is 18.5. The summed E-state index contributed by atoms with van der Waals surface area (Å²) in [6.07, 6.45) is -5.20. The van der Waals surface area contributed by atoms with Crippen LogP contribution in [-0.4, -0.2) is 74.7 Å². The Labute approximate surface area is 229 Å². The van der Waals surface area contributed by atoms with E-state index in [-0.39, 0.29) is 47.1 Å². The molecular formula is C26H23ClF4N4O3S. The molecular weight excluding hydrogens is 560 g/mol. The summed E-state index contributed by atoms with van der Waals surface area (Å²) in [6, 6.07) is 8.43. The highest BCUT2D eigenvalue weighted by molar-refractivity contribution is 8.18. The summed E-state index contributed by atoms with van der Waals surface area (Å²) < 4.78 is 55.2. The number of fused-ring (bicyclic) bond motifs is 1. The van der Waals surface area contributed by atoms with Crippen molar-refractivity contribution in [2.75, 3.05) is 26.2 Å². The third-order valence-electron chi connectivity index (χ3n) is 6.73. The lowest BCUT2D eigenvalue weighted by atomic mass is 9.93. The zero-order valence-corrected chi connectivity index (χ0v) is 21.9. The molecule has 2 amide bonds. The van der Waals surface area contributed by atoms with Crippen LogP contribution in [0.5, 0.6) is 0 Å². The van der Waals surface area contributed by atoms with Crippen molar-refractivity contribution in [3.05, 3.63) is 69.2 Å². The number of alkyl halides is 4. The molecule has 1 aromatic heterocycles. The molecule has 2 aliphatic heterocycles. The van der Waals surface area contributed by atoms with E-state index in [0.29, 0.717) is 41.2 Å². The maximum absolute atomic E-state index is 13.9. The predicted octanol–water partition coefficient (Wildman–Crippen LogP) is 5.29. The molecule has 0 spiro atoms. The van der Waals surface area contributed by atoms with Crippen molar-refractivity contribution in [1.82, 2.24) is 20.0 Å². The fourth-order valence-corrected chi connectivity index (χ4v) is 5.98. The fourth-order valence-electron chi connectivity index (χ4n) is 4.86. The van der Waals surface area contributed by atoms with Gasteiger partial charge < -0.3 is 5.11 Å². The van der Waals surface area contributed by atoms with Gasteiger partial charge in [0.05, 0.1) is 34.8 Å². The highest BCUT2D eigenvalue weighted by Gasteiger charge is 2.40. The number of β-amino-alcohol motifs (C(OH)–C–C–N with tert-alkyl or cyclic N) is 1. The van der Waals surface area contributed by atoms with Gasteiger partial charge >= 0.3 is 6.18 Å². The second-order valence-electron chi connectivity index (χ2n) is 9.54. The molecule has 7 nitrogen and oxygen atoms in total. The number of hydrogen-bond donors (Lipinski definition) is 2. The number of carbonyl (C=O) groups is 2. The van der Waals surface area contributed by atoms with Crippen LogP contribution in [-0.2, 0) is 17.4 Å². The number of likely N-dealkylation sites (tertiary alicyclic amines) is 1. The number of benzene rings is 2. The van der Waals surface area contributed by atoms with E-state index in [4.69, 9.17) is 11.6 Å². The molecule has 2 N–H and O–H groups in total. The Morgan fingerprint density at radius 2 is 2.00 bits per heavy atom. The summed E-state index contributed by atoms with van der Waals surface area (Å²) in [4.78, 5) is 28.9. The van der Waals surface area contributed by atoms with Gasteiger partial charge in [0.15, 0.2) is 0 Å². The number of aromatic amines is 1. The average Bonchev–Trinajstić information content (AvgIpc) is 3.58. The Hall–Kier alpha value is -2.93. The Balaban J connectivity index is 1.51. The van der Waals surface area contributed by atoms with Crippen LogP contribution in [0.25, 0.3) is 16.5 Å². The maximum atomic E-state index is 13.9. The number of thioether (sulfide) groups is 1. The van der Waals surface area contributed by atoms with Crippen molar-refractivity contribution in [2.24, 2.45) is 0 Å². The van der Waals surface area contributed by atoms with Crippen LogP contribution in [0.1, 0.15) is 23.1 Å². The van der Waals surface area contributed by atoms with Gasteiger partial charge in [-0.1, -0.05) is 23.7 Å². The molecule has 3 aromatic rings. The van der Waals surface area contributed by atoms with Crippen LogP contribution in [0.3, 0.4) is 0 Å². The standard InChI is InChI=1S/C26H23ClF4N4O3S/c27-17-3-1-15(21(9-17)26(29,30)31)8-20(14-2-4-22-16(7-14)10-32-33-22)23-24(37)35(25(38)39-23)13-19(36)12-34-6-5-18(28)11-34/h1-4,7,9-10,18-19,36H,5-6,8,11-13H2,(H,32,33)/t18-,19-/m1/s1. The second-order valence-corrected chi connectivity index (χ2v) is 10.9. The largest absolute Gasteiger partial charge is 0.416 e. The Bertz CT molecular complexity index is 1460. The third-order valence-corrected chi connectivity index (χ3v) is 7.99. The number of nitrogens with one attached hydrogen (secondary N) is 1. The van der Waals surface area contributed by atoms with Crippen LogP contribution in [0, 0.1) is 0 Å². The van der Waals surface area contributed by atoms with Crippen LogP contribution in [0.15, 0.2) is 47.5 Å². The molecule has 0 radical (unpaired) electrons. The molecule has 2 fully saturated rings. The summed E-state index contributed by atoms with van der Waals surface area (Å²) in [5, 5.41) is 17.2. The van der Waals surface area contributed by atoms with Crippen LogP contribution in [0.2, 0.25) is 5.02 Å². The fraction of sp³-hybridized carbons (Fsp3) is 0.346. The highest BCUT2D eigenvalue weighted by atomic mass is 35.5. The smallest absolute Gasteiger partial charge is 0.390 e. The number of amides is 2. The maximum Gasteiger partial charge on any atom is 0.416 e. The van der Waals surface area contributed by atoms with Crippen molar-refractivity contribution >= 4 is 51.0 Å². The van der Waals surface area contributed by atoms with Crippen molar-refractivity contribution in [3.8, 4) is 0 Å². The average molecular weight is 583 g/mol. The van der Waals surface area contributed by atoms with Crippen LogP contribution in [0.4, 0.5) is 22.4 Å². The molecule has 0 aliphatic carbocycles. The van der Waals surface area contributed by atoms with Gasteiger partial charge in [-0.25, -0.2) is 4.39 Å². The van der Waals surface area contributed by atoms with Gasteiger partial charge in [0.1, 0.15) is 6.17 Å². The first-order valence-corrected chi connectivity index (χ1v) is 13.3. The quantitative estimate of drug-likeness (QED) is 0.291. The highest BCUT2D eigenvalue weighted by Crippen LogP contribution is 2.41. The number of aliphatic hydroxyl groups excluding tert-OH is 1. The van der Waals surface area contributed by atoms with E-state index in [0.717, 1.165) is 11.0 Å². The number of aliphatic hydroxyl groups is 1. The number of H-pyrrole nitrogens is 1. The van der Waals surface area contributed by atoms with Crippen molar-refractivity contribution in [3.63, 3.8) is 0 Å². The molecule has 39 heavy (non-hydrogen) atoms. The molecule has 206 valence electrons. The molecule has 13 heteroatoms. The minimum atomic E-state index is -4.70. The summed E-state index contributed by atoms with van der Waals surface area (Å²) >= 11 is 6.47. The number of allylic oxidation sites excluding steroid dienone is 1. The zero-order valence-electron chi connectivity index (χ0n) is 20.3. The number of nitrogens with zero attached hydrogens (tertiary/aromatic N) is 3. The molecule has 3 heterocycles. The lowest BCUT2D eigenvalue weighted by Crippen LogP contribution is -2.41. The van der Waals surface area contributed by atoms with Crippen molar-refractivity contribution in [1.29, 1.82) is 0 Å². The topological polar surface area (TPSA) is 89.5 Å². The number of hydrogen-bond acceptors (Lipinski definition) is 6. The molecule has 2 saturated heterocycles. The van der Waals surface area contributed by atoms with Crippen LogP contribution < -0.4 is 0 Å². The van der Waals surface area contributed by atoms with Gasteiger partial charge in [0.25, 0.3) is 11.1 Å². The monoisotopic (exact) mass is 582 g/mol. The van der Waals surface area contributed by atoms with Gasteiger partial charge in [-0.05, 0) is 65.6 Å². The third kappa shape index (κ3) is 5.98. The Morgan fingerprint density at radius 3 is 2.72 bits per heavy atom. The SMILES string of the molecule is O=C1SC(=C(Cc2ccc(Cl)cc2C(F)(F)F)c2ccc3[nH]ncc3c2)C(=O)N1C[C@H](O)CN1CC[C@@H](F)C1. The minimum Gasteiger partial charge on any atom is -0.390 e. The Morgan fingerprint density at radius 1 is 1.21 bits per heavy atom. The molecule has 0 bridgehead atoms. The van der Waals surface area contributed by atoms with E-state index in [1.54, 1.807) is 29.3 Å². The van der Waals surface area contributed by atoms with Gasteiger partial charge in [-0.15, -0.1) is 0 Å². The molecule has 0 saturated carbocycles. The van der Waals surface area contributed by atoms with E-state index in [1.165, 1.54) is 12.1 Å². The van der Waals surface area contributed by atoms with Gasteiger partial charge in [-0.2, -0.15) is 18.3 Å². The first-order valence-electron chi connectivity index (χ1n) is 12.1. The number of imide groups is 1.